The minimum Gasteiger partial charge on any atom is -0.462 e. The van der Waals surface area contributed by atoms with Crippen LogP contribution in [0.2, 0.25) is 0 Å². The van der Waals surface area contributed by atoms with Gasteiger partial charge in [0.15, 0.2) is 18.7 Å². The molecule has 0 aromatic carbocycles. The molecular formula is C41H67NO15. The van der Waals surface area contributed by atoms with E-state index < -0.39 is 121 Å². The summed E-state index contributed by atoms with van der Waals surface area (Å²) in [4.78, 5) is 52.3. The fourth-order valence-corrected chi connectivity index (χ4v) is 7.82. The number of nitrogens with zero attached hydrogens (tertiary/aromatic N) is 1. The highest BCUT2D eigenvalue weighted by atomic mass is 16.7. The van der Waals surface area contributed by atoms with Crippen LogP contribution in [-0.2, 0) is 57.1 Å². The van der Waals surface area contributed by atoms with Gasteiger partial charge < -0.3 is 62.9 Å². The highest BCUT2D eigenvalue weighted by molar-refractivity contribution is 5.72. The van der Waals surface area contributed by atoms with Gasteiger partial charge in [0.25, 0.3) is 0 Å². The Bertz CT molecular complexity index is 1350. The van der Waals surface area contributed by atoms with E-state index in [4.69, 9.17) is 37.9 Å². The molecule has 16 nitrogen and oxygen atoms in total. The van der Waals surface area contributed by atoms with Crippen molar-refractivity contribution in [2.75, 3.05) is 21.2 Å². The first-order valence-corrected chi connectivity index (χ1v) is 20.1. The molecule has 16 heteroatoms. The Morgan fingerprint density at radius 2 is 1.63 bits per heavy atom. The maximum absolute atomic E-state index is 13.3. The molecule has 2 unspecified atom stereocenters. The van der Waals surface area contributed by atoms with Crippen LogP contribution in [0.25, 0.3) is 0 Å². The van der Waals surface area contributed by atoms with E-state index in [-0.39, 0.29) is 32.1 Å². The van der Waals surface area contributed by atoms with Crippen LogP contribution in [0.1, 0.15) is 93.4 Å². The lowest BCUT2D eigenvalue weighted by Crippen LogP contribution is -2.66. The number of hydrogen-bond donors (Lipinski definition) is 3. The average molecular weight is 814 g/mol. The van der Waals surface area contributed by atoms with Crippen molar-refractivity contribution >= 4 is 24.2 Å². The Morgan fingerprint density at radius 1 is 0.965 bits per heavy atom. The number of aliphatic hydroxyl groups is 3. The average Bonchev–Trinajstić information content (AvgIpc) is 3.13. The third kappa shape index (κ3) is 13.6. The van der Waals surface area contributed by atoms with Crippen molar-refractivity contribution in [3.05, 3.63) is 24.3 Å². The summed E-state index contributed by atoms with van der Waals surface area (Å²) in [7, 11) is 4.86. The van der Waals surface area contributed by atoms with E-state index in [1.807, 2.05) is 13.0 Å². The Labute approximate surface area is 337 Å². The van der Waals surface area contributed by atoms with Gasteiger partial charge in [0, 0.05) is 39.2 Å². The number of carbonyl (C=O) groups is 4. The molecule has 326 valence electrons. The number of allylic oxidation sites excluding steroid dienone is 2. The normalized spacial score (nSPS) is 40.0. The number of carbonyl (C=O) groups excluding carboxylic acids is 4. The van der Waals surface area contributed by atoms with Crippen molar-refractivity contribution in [2.24, 2.45) is 11.8 Å². The van der Waals surface area contributed by atoms with E-state index in [1.165, 1.54) is 7.11 Å². The Hall–Kier alpha value is -2.80. The van der Waals surface area contributed by atoms with Crippen LogP contribution in [0.3, 0.4) is 0 Å². The quantitative estimate of drug-likeness (QED) is 0.147. The number of likely N-dealkylation sites (N-methyl/N-ethyl adjacent to an activating group) is 1. The first-order chi connectivity index (χ1) is 26.9. The number of rotatable bonds is 12. The molecule has 2 saturated heterocycles. The predicted molar refractivity (Wildman–Crippen MR) is 205 cm³/mol. The summed E-state index contributed by atoms with van der Waals surface area (Å²) < 4.78 is 48.5. The second kappa shape index (κ2) is 22.5. The Morgan fingerprint density at radius 3 is 2.23 bits per heavy atom. The molecular weight excluding hydrogens is 746 g/mol. The lowest BCUT2D eigenvalue weighted by Gasteiger charge is -2.50. The standard InChI is InChI=1S/C41H67NO15/c1-11-30(45)54-29-21-32(47)51-24(4)16-14-13-15-17-28(44)23(3)20-27(18-19-43)37(38(29)50-10)57-40-35(48)34(42(8)9)36(25(5)53-40)56-33-22-41(7,49)39(26(6)52-33)55-31(46)12-2/h13-15,17,19,23-29,33-40,44,48-49H,11-12,16,18,20-22H2,1-10H3/t23-,24-,25-,26+,27?,28+,29?,33+,34-,35-,36-,37+,38+,39+,40+,41-/m1/s1. The number of esters is 3. The highest BCUT2D eigenvalue weighted by Gasteiger charge is 2.53. The molecule has 3 aliphatic rings. The zero-order chi connectivity index (χ0) is 42.6. The van der Waals surface area contributed by atoms with Gasteiger partial charge in [0.1, 0.15) is 42.4 Å². The van der Waals surface area contributed by atoms with Gasteiger partial charge in [-0.25, -0.2) is 0 Å². The van der Waals surface area contributed by atoms with Gasteiger partial charge in [0.2, 0.25) is 0 Å². The van der Waals surface area contributed by atoms with Crippen LogP contribution in [0, 0.1) is 11.8 Å². The Balaban J connectivity index is 2.01. The summed E-state index contributed by atoms with van der Waals surface area (Å²) in [5.74, 6) is -2.82. The molecule has 0 spiro atoms. The molecule has 3 rings (SSSR count). The zero-order valence-electron chi connectivity index (χ0n) is 35.2. The van der Waals surface area contributed by atoms with Gasteiger partial charge in [-0.05, 0) is 60.0 Å². The second-order valence-corrected chi connectivity index (χ2v) is 16.0. The number of aliphatic hydroxyl groups excluding tert-OH is 2. The third-order valence-corrected chi connectivity index (χ3v) is 10.9. The third-order valence-electron chi connectivity index (χ3n) is 10.9. The number of hydrogen-bond acceptors (Lipinski definition) is 16. The van der Waals surface area contributed by atoms with Gasteiger partial charge in [-0.3, -0.25) is 14.4 Å². The van der Waals surface area contributed by atoms with E-state index in [9.17, 15) is 34.5 Å². The molecule has 0 bridgehead atoms. The molecule has 16 atom stereocenters. The summed E-state index contributed by atoms with van der Waals surface area (Å²) in [5, 5.41) is 34.5. The SMILES string of the molecule is CCC(=O)OC1CC(=O)O[C@H](C)CC=CC=C[C@H](O)[C@H](C)CC(CC=O)[C@H](O[C@@H]2O[C@H](C)[C@@H](O[C@H]3C[C@@](C)(O)[C@@H](OC(=O)CC)[C@H](C)O3)[C@H](N(C)C)[C@H]2O)[C@H]1OC. The number of methoxy groups -OCH3 is 1. The summed E-state index contributed by atoms with van der Waals surface area (Å²) in [6.07, 6.45) is -4.08. The van der Waals surface area contributed by atoms with E-state index in [0.717, 1.165) is 0 Å². The van der Waals surface area contributed by atoms with E-state index in [0.29, 0.717) is 12.7 Å². The van der Waals surface area contributed by atoms with Crippen molar-refractivity contribution in [3.63, 3.8) is 0 Å². The van der Waals surface area contributed by atoms with Gasteiger partial charge in [0.05, 0.1) is 36.9 Å². The van der Waals surface area contributed by atoms with Crippen molar-refractivity contribution < 1.29 is 72.4 Å². The minimum absolute atomic E-state index is 0.000633. The van der Waals surface area contributed by atoms with Crippen molar-refractivity contribution in [3.8, 4) is 0 Å². The maximum atomic E-state index is 13.3. The van der Waals surface area contributed by atoms with Gasteiger partial charge in [-0.1, -0.05) is 45.1 Å². The summed E-state index contributed by atoms with van der Waals surface area (Å²) in [5.41, 5.74) is -1.49. The fraction of sp³-hybridized carbons (Fsp3) is 0.805. The van der Waals surface area contributed by atoms with Crippen molar-refractivity contribution in [1.82, 2.24) is 4.90 Å². The Kier molecular flexibility index (Phi) is 19.2. The van der Waals surface area contributed by atoms with Crippen LogP contribution in [-0.4, -0.2) is 151 Å². The lowest BCUT2D eigenvalue weighted by atomic mass is 9.82. The van der Waals surface area contributed by atoms with Gasteiger partial charge in [-0.15, -0.1) is 0 Å². The van der Waals surface area contributed by atoms with E-state index >= 15 is 0 Å². The fourth-order valence-electron chi connectivity index (χ4n) is 7.82. The molecule has 2 fully saturated rings. The minimum atomic E-state index is -1.49. The topological polar surface area (TPSA) is 206 Å². The van der Waals surface area contributed by atoms with Crippen LogP contribution in [0.5, 0.6) is 0 Å². The second-order valence-electron chi connectivity index (χ2n) is 16.0. The predicted octanol–water partition coefficient (Wildman–Crippen LogP) is 2.77. The largest absolute Gasteiger partial charge is 0.462 e. The molecule has 3 N–H and O–H groups in total. The number of aldehydes is 1. The number of cyclic esters (lactones) is 1. The molecule has 0 aromatic rings. The zero-order valence-corrected chi connectivity index (χ0v) is 35.2. The van der Waals surface area contributed by atoms with Crippen molar-refractivity contribution in [1.29, 1.82) is 0 Å². The summed E-state index contributed by atoms with van der Waals surface area (Å²) in [6, 6.07) is -0.779. The highest BCUT2D eigenvalue weighted by Crippen LogP contribution is 2.37. The molecule has 3 heterocycles. The molecule has 0 radical (unpaired) electrons. The van der Waals surface area contributed by atoms with Crippen LogP contribution < -0.4 is 0 Å². The number of ether oxygens (including phenoxy) is 8. The molecule has 57 heavy (non-hydrogen) atoms. The molecule has 0 saturated carbocycles. The molecule has 0 aliphatic carbocycles. The van der Waals surface area contributed by atoms with E-state index in [2.05, 4.69) is 0 Å². The smallest absolute Gasteiger partial charge is 0.309 e. The summed E-state index contributed by atoms with van der Waals surface area (Å²) in [6.45, 7) is 11.8. The van der Waals surface area contributed by atoms with Crippen LogP contribution >= 0.6 is 0 Å². The monoisotopic (exact) mass is 813 g/mol. The molecule has 3 aliphatic heterocycles. The first-order valence-electron chi connectivity index (χ1n) is 20.1. The van der Waals surface area contributed by atoms with E-state index in [1.54, 1.807) is 78.8 Å². The first kappa shape index (κ1) is 48.6. The summed E-state index contributed by atoms with van der Waals surface area (Å²) >= 11 is 0. The lowest BCUT2D eigenvalue weighted by molar-refractivity contribution is -0.344. The van der Waals surface area contributed by atoms with Gasteiger partial charge in [-0.2, -0.15) is 0 Å². The maximum Gasteiger partial charge on any atom is 0.309 e. The van der Waals surface area contributed by atoms with Crippen molar-refractivity contribution in [2.45, 2.75) is 179 Å². The molecule has 0 aromatic heterocycles. The molecule has 0 amide bonds. The van der Waals surface area contributed by atoms with Gasteiger partial charge >= 0.3 is 17.9 Å². The van der Waals surface area contributed by atoms with Crippen LogP contribution in [0.15, 0.2) is 24.3 Å². The van der Waals surface area contributed by atoms with Crippen LogP contribution in [0.4, 0.5) is 0 Å².